The van der Waals surface area contributed by atoms with Crippen LogP contribution in [0.25, 0.3) is 0 Å². The zero-order chi connectivity index (χ0) is 22.9. The fourth-order valence-electron chi connectivity index (χ4n) is 4.48. The summed E-state index contributed by atoms with van der Waals surface area (Å²) in [7, 11) is 0. The van der Waals surface area contributed by atoms with Gasteiger partial charge in [0.2, 0.25) is 11.8 Å². The molecule has 32 heavy (non-hydrogen) atoms. The average Bonchev–Trinajstić information content (AvgIpc) is 2.80. The topological polar surface area (TPSA) is 52.7 Å². The van der Waals surface area contributed by atoms with E-state index in [9.17, 15) is 9.59 Å². The minimum atomic E-state index is -0.420. The molecule has 3 rings (SSSR count). The first-order chi connectivity index (χ1) is 15.5. The normalized spacial score (nSPS) is 15.7. The Morgan fingerprint density at radius 3 is 1.88 bits per heavy atom. The highest BCUT2D eigenvalue weighted by atomic mass is 16.2. The smallest absolute Gasteiger partial charge is 0.245 e. The minimum Gasteiger partial charge on any atom is -0.344 e. The summed E-state index contributed by atoms with van der Waals surface area (Å²) in [5.41, 5.74) is 2.53. The van der Waals surface area contributed by atoms with Crippen molar-refractivity contribution in [2.45, 2.75) is 52.1 Å². The van der Waals surface area contributed by atoms with Gasteiger partial charge in [-0.2, -0.15) is 0 Å². The van der Waals surface area contributed by atoms with Crippen LogP contribution in [0, 0.1) is 5.92 Å². The molecule has 1 N–H and O–H groups in total. The second kappa shape index (κ2) is 11.8. The Morgan fingerprint density at radius 2 is 1.41 bits per heavy atom. The molecule has 0 spiro atoms. The lowest BCUT2D eigenvalue weighted by Gasteiger charge is -2.40. The molecule has 0 bridgehead atoms. The van der Waals surface area contributed by atoms with Gasteiger partial charge in [-0.15, -0.1) is 0 Å². The molecule has 1 atom stereocenters. The number of nitrogens with one attached hydrogen (secondary N) is 1. The Balaban J connectivity index is 1.67. The maximum atomic E-state index is 13.2. The highest BCUT2D eigenvalue weighted by Gasteiger charge is 2.31. The van der Waals surface area contributed by atoms with Gasteiger partial charge in [0.15, 0.2) is 0 Å². The van der Waals surface area contributed by atoms with Crippen molar-refractivity contribution in [2.75, 3.05) is 26.2 Å². The van der Waals surface area contributed by atoms with E-state index in [0.717, 1.165) is 19.5 Å². The van der Waals surface area contributed by atoms with Crippen LogP contribution in [0.3, 0.4) is 0 Å². The molecule has 1 saturated heterocycles. The Labute approximate surface area is 192 Å². The quantitative estimate of drug-likeness (QED) is 0.641. The molecule has 1 unspecified atom stereocenters. The van der Waals surface area contributed by atoms with Crippen molar-refractivity contribution in [3.8, 4) is 0 Å². The SMILES string of the molecule is CCCC(NC(=O)CC(C)C)C(=O)N1CCN(C(c2ccccc2)c2ccccc2)CC1. The van der Waals surface area contributed by atoms with Crippen LogP contribution in [0.5, 0.6) is 0 Å². The van der Waals surface area contributed by atoms with Gasteiger partial charge in [0.25, 0.3) is 0 Å². The van der Waals surface area contributed by atoms with Crippen molar-refractivity contribution in [3.63, 3.8) is 0 Å². The van der Waals surface area contributed by atoms with Crippen molar-refractivity contribution in [1.82, 2.24) is 15.1 Å². The van der Waals surface area contributed by atoms with E-state index in [4.69, 9.17) is 0 Å². The number of rotatable bonds is 9. The Bertz CT molecular complexity index is 806. The number of amides is 2. The first-order valence-corrected chi connectivity index (χ1v) is 11.9. The van der Waals surface area contributed by atoms with Crippen LogP contribution in [0.2, 0.25) is 0 Å². The predicted octanol–water partition coefficient (Wildman–Crippen LogP) is 4.25. The number of benzene rings is 2. The van der Waals surface area contributed by atoms with E-state index < -0.39 is 6.04 Å². The van der Waals surface area contributed by atoms with E-state index in [2.05, 4.69) is 65.7 Å². The Kier molecular flexibility index (Phi) is 8.86. The monoisotopic (exact) mass is 435 g/mol. The molecule has 2 aromatic rings. The molecule has 1 fully saturated rings. The van der Waals surface area contributed by atoms with E-state index >= 15 is 0 Å². The summed E-state index contributed by atoms with van der Waals surface area (Å²) in [4.78, 5) is 29.9. The highest BCUT2D eigenvalue weighted by Crippen LogP contribution is 2.29. The number of carbonyl (C=O) groups is 2. The molecule has 0 radical (unpaired) electrons. The maximum Gasteiger partial charge on any atom is 0.245 e. The van der Waals surface area contributed by atoms with Crippen LogP contribution in [0.4, 0.5) is 0 Å². The molecule has 172 valence electrons. The van der Waals surface area contributed by atoms with Crippen molar-refractivity contribution in [1.29, 1.82) is 0 Å². The van der Waals surface area contributed by atoms with Gasteiger partial charge in [0.05, 0.1) is 6.04 Å². The maximum absolute atomic E-state index is 13.2. The second-order valence-electron chi connectivity index (χ2n) is 9.09. The first kappa shape index (κ1) is 24.0. The molecular weight excluding hydrogens is 398 g/mol. The third-order valence-electron chi connectivity index (χ3n) is 6.03. The standard InChI is InChI=1S/C27H37N3O2/c1-4-11-24(28-25(31)20-21(2)3)27(32)30-18-16-29(17-19-30)26(22-12-7-5-8-13-22)23-14-9-6-10-15-23/h5-10,12-15,21,24,26H,4,11,16-20H2,1-3H3,(H,28,31). The third kappa shape index (κ3) is 6.42. The first-order valence-electron chi connectivity index (χ1n) is 11.9. The van der Waals surface area contributed by atoms with E-state index in [1.165, 1.54) is 11.1 Å². The summed E-state index contributed by atoms with van der Waals surface area (Å²) in [6.45, 7) is 9.05. The molecule has 0 aliphatic carbocycles. The van der Waals surface area contributed by atoms with Crippen LogP contribution in [-0.4, -0.2) is 53.8 Å². The molecule has 0 saturated carbocycles. The van der Waals surface area contributed by atoms with Gasteiger partial charge in [0.1, 0.15) is 6.04 Å². The largest absolute Gasteiger partial charge is 0.344 e. The van der Waals surface area contributed by atoms with Gasteiger partial charge >= 0.3 is 0 Å². The van der Waals surface area contributed by atoms with Crippen LogP contribution in [-0.2, 0) is 9.59 Å². The van der Waals surface area contributed by atoms with Gasteiger partial charge in [-0.05, 0) is 23.5 Å². The summed E-state index contributed by atoms with van der Waals surface area (Å²) in [6, 6.07) is 20.9. The molecule has 5 heteroatoms. The van der Waals surface area contributed by atoms with Crippen molar-refractivity contribution in [3.05, 3.63) is 71.8 Å². The van der Waals surface area contributed by atoms with Gasteiger partial charge in [0, 0.05) is 32.6 Å². The van der Waals surface area contributed by atoms with E-state index in [1.54, 1.807) is 0 Å². The van der Waals surface area contributed by atoms with Gasteiger partial charge < -0.3 is 10.2 Å². The average molecular weight is 436 g/mol. The van der Waals surface area contributed by atoms with Gasteiger partial charge in [-0.1, -0.05) is 87.9 Å². The molecule has 1 heterocycles. The van der Waals surface area contributed by atoms with Gasteiger partial charge in [-0.25, -0.2) is 0 Å². The van der Waals surface area contributed by atoms with Crippen molar-refractivity contribution >= 4 is 11.8 Å². The zero-order valence-corrected chi connectivity index (χ0v) is 19.7. The number of hydrogen-bond donors (Lipinski definition) is 1. The summed E-state index contributed by atoms with van der Waals surface area (Å²) >= 11 is 0. The summed E-state index contributed by atoms with van der Waals surface area (Å²) in [6.07, 6.45) is 2.00. The number of carbonyl (C=O) groups excluding carboxylic acids is 2. The van der Waals surface area contributed by atoms with Crippen LogP contribution >= 0.6 is 0 Å². The molecule has 2 amide bonds. The third-order valence-corrected chi connectivity index (χ3v) is 6.03. The molecule has 1 aliphatic heterocycles. The number of nitrogens with zero attached hydrogens (tertiary/aromatic N) is 2. The van der Waals surface area contributed by atoms with Crippen LogP contribution < -0.4 is 5.32 Å². The molecule has 0 aromatic heterocycles. The molecule has 2 aromatic carbocycles. The predicted molar refractivity (Wildman–Crippen MR) is 129 cm³/mol. The second-order valence-corrected chi connectivity index (χ2v) is 9.09. The Morgan fingerprint density at radius 1 is 0.875 bits per heavy atom. The number of piperazine rings is 1. The summed E-state index contributed by atoms with van der Waals surface area (Å²) in [5, 5.41) is 2.99. The van der Waals surface area contributed by atoms with E-state index in [-0.39, 0.29) is 23.8 Å². The highest BCUT2D eigenvalue weighted by molar-refractivity contribution is 5.87. The fourth-order valence-corrected chi connectivity index (χ4v) is 4.48. The minimum absolute atomic E-state index is 0.0290. The van der Waals surface area contributed by atoms with Crippen LogP contribution in [0.1, 0.15) is 57.2 Å². The van der Waals surface area contributed by atoms with Crippen molar-refractivity contribution < 1.29 is 9.59 Å². The lowest BCUT2D eigenvalue weighted by Crippen LogP contribution is -2.55. The van der Waals surface area contributed by atoms with Gasteiger partial charge in [-0.3, -0.25) is 14.5 Å². The van der Waals surface area contributed by atoms with E-state index in [0.29, 0.717) is 25.9 Å². The lowest BCUT2D eigenvalue weighted by molar-refractivity contribution is -0.138. The van der Waals surface area contributed by atoms with Crippen LogP contribution in [0.15, 0.2) is 60.7 Å². The summed E-state index contributed by atoms with van der Waals surface area (Å²) < 4.78 is 0. The fraction of sp³-hybridized carbons (Fsp3) is 0.481. The molecule has 1 aliphatic rings. The summed E-state index contributed by atoms with van der Waals surface area (Å²) in [5.74, 6) is 0.307. The lowest BCUT2D eigenvalue weighted by atomic mass is 9.96. The zero-order valence-electron chi connectivity index (χ0n) is 19.7. The van der Waals surface area contributed by atoms with Crippen molar-refractivity contribution in [2.24, 2.45) is 5.92 Å². The molecule has 5 nitrogen and oxygen atoms in total. The number of hydrogen-bond acceptors (Lipinski definition) is 3. The molecular formula is C27H37N3O2. The Hall–Kier alpha value is -2.66. The van der Waals surface area contributed by atoms with E-state index in [1.807, 2.05) is 30.9 Å².